The fourth-order valence-corrected chi connectivity index (χ4v) is 6.19. The number of anilines is 1. The minimum Gasteiger partial charge on any atom is -0.372 e. The summed E-state index contributed by atoms with van der Waals surface area (Å²) in [6.45, 7) is 9.11. The zero-order valence-electron chi connectivity index (χ0n) is 20.7. The van der Waals surface area contributed by atoms with Gasteiger partial charge in [0.2, 0.25) is 0 Å². The number of thioether (sulfide) groups is 1. The number of benzene rings is 1. The Kier molecular flexibility index (Phi) is 6.72. The Balaban J connectivity index is 1.61. The molecular weight excluding hydrogens is 492 g/mol. The van der Waals surface area contributed by atoms with Crippen LogP contribution in [0.4, 0.5) is 5.82 Å². The number of morpholine rings is 1. The Morgan fingerprint density at radius 3 is 2.50 bits per heavy atom. The smallest absolute Gasteiger partial charge is 0.267 e. The molecule has 1 aromatic carbocycles. The molecule has 2 aromatic heterocycles. The number of rotatable bonds is 4. The summed E-state index contributed by atoms with van der Waals surface area (Å²) in [6, 6.07) is 13.4. The maximum absolute atomic E-state index is 13.8. The van der Waals surface area contributed by atoms with Crippen LogP contribution >= 0.6 is 24.0 Å². The SMILES string of the molecule is Cc1ccc2nc(N3CC(C)OC(C)C3)c(C=C3SC(=S)N(C(C)c4ccccc4)C3=O)c(=O)n2c1. The molecule has 3 aromatic rings. The number of ether oxygens (including phenoxy) is 1. The maximum Gasteiger partial charge on any atom is 0.267 e. The Morgan fingerprint density at radius 2 is 1.81 bits per heavy atom. The minimum absolute atomic E-state index is 0.00944. The Morgan fingerprint density at radius 1 is 1.11 bits per heavy atom. The third-order valence-electron chi connectivity index (χ3n) is 6.47. The van der Waals surface area contributed by atoms with E-state index in [2.05, 4.69) is 4.90 Å². The van der Waals surface area contributed by atoms with Gasteiger partial charge in [0.15, 0.2) is 0 Å². The molecule has 186 valence electrons. The van der Waals surface area contributed by atoms with Crippen LogP contribution < -0.4 is 10.5 Å². The van der Waals surface area contributed by atoms with E-state index in [1.165, 1.54) is 11.8 Å². The molecule has 3 unspecified atom stereocenters. The standard InChI is InChI=1S/C27H28N4O3S2/c1-16-10-11-23-28-24(29-14-17(2)34-18(3)15-29)21(25(32)30(23)13-16)12-22-26(33)31(27(35)36-22)19(4)20-8-6-5-7-9-20/h5-13,17-19H,14-15H2,1-4H3. The fourth-order valence-electron chi connectivity index (χ4n) is 4.79. The Labute approximate surface area is 219 Å². The van der Waals surface area contributed by atoms with Gasteiger partial charge in [0, 0.05) is 19.3 Å². The van der Waals surface area contributed by atoms with Crippen molar-refractivity contribution in [3.63, 3.8) is 0 Å². The molecule has 4 heterocycles. The van der Waals surface area contributed by atoms with Gasteiger partial charge in [0.25, 0.3) is 11.5 Å². The summed E-state index contributed by atoms with van der Waals surface area (Å²) in [7, 11) is 0. The molecule has 36 heavy (non-hydrogen) atoms. The summed E-state index contributed by atoms with van der Waals surface area (Å²) in [4.78, 5) is 36.3. The van der Waals surface area contributed by atoms with Crippen LogP contribution in [-0.2, 0) is 9.53 Å². The van der Waals surface area contributed by atoms with Gasteiger partial charge >= 0.3 is 0 Å². The van der Waals surface area contributed by atoms with Crippen LogP contribution in [0.15, 0.2) is 58.4 Å². The molecule has 0 saturated carbocycles. The van der Waals surface area contributed by atoms with Crippen LogP contribution in [-0.4, -0.2) is 49.8 Å². The van der Waals surface area contributed by atoms with Crippen molar-refractivity contribution in [2.24, 2.45) is 0 Å². The lowest BCUT2D eigenvalue weighted by Gasteiger charge is -2.36. The predicted octanol–water partition coefficient (Wildman–Crippen LogP) is 4.58. The highest BCUT2D eigenvalue weighted by molar-refractivity contribution is 8.26. The number of hydrogen-bond acceptors (Lipinski definition) is 7. The van der Waals surface area contributed by atoms with Crippen LogP contribution in [0, 0.1) is 6.92 Å². The van der Waals surface area contributed by atoms with Crippen molar-refractivity contribution in [2.45, 2.75) is 45.9 Å². The van der Waals surface area contributed by atoms with E-state index in [0.717, 1.165) is 11.1 Å². The first-order chi connectivity index (χ1) is 17.2. The van der Waals surface area contributed by atoms with Gasteiger partial charge in [0.1, 0.15) is 15.8 Å². The van der Waals surface area contributed by atoms with Crippen LogP contribution in [0.1, 0.15) is 43.5 Å². The molecule has 0 N–H and O–H groups in total. The molecule has 0 radical (unpaired) electrons. The van der Waals surface area contributed by atoms with E-state index >= 15 is 0 Å². The number of aryl methyl sites for hydroxylation is 1. The fraction of sp³-hybridized carbons (Fsp3) is 0.333. The first-order valence-electron chi connectivity index (χ1n) is 12.0. The number of pyridine rings is 1. The van der Waals surface area contributed by atoms with Crippen LogP contribution in [0.5, 0.6) is 0 Å². The second-order valence-electron chi connectivity index (χ2n) is 9.39. The zero-order valence-corrected chi connectivity index (χ0v) is 22.3. The normalized spacial score (nSPS) is 22.6. The average molecular weight is 521 g/mol. The topological polar surface area (TPSA) is 67.2 Å². The van der Waals surface area contributed by atoms with Crippen LogP contribution in [0.25, 0.3) is 11.7 Å². The van der Waals surface area contributed by atoms with Crippen molar-refractivity contribution in [2.75, 3.05) is 18.0 Å². The van der Waals surface area contributed by atoms with E-state index in [9.17, 15) is 9.59 Å². The maximum atomic E-state index is 13.8. The van der Waals surface area contributed by atoms with E-state index in [0.29, 0.717) is 39.3 Å². The van der Waals surface area contributed by atoms with Crippen LogP contribution in [0.2, 0.25) is 0 Å². The third-order valence-corrected chi connectivity index (χ3v) is 7.80. The molecule has 2 aliphatic rings. The van der Waals surface area contributed by atoms with Gasteiger partial charge in [-0.05, 0) is 51.0 Å². The third kappa shape index (κ3) is 4.58. The summed E-state index contributed by atoms with van der Waals surface area (Å²) in [5, 5.41) is 0. The summed E-state index contributed by atoms with van der Waals surface area (Å²) in [6.07, 6.45) is 3.43. The highest BCUT2D eigenvalue weighted by Gasteiger charge is 2.37. The number of amides is 1. The number of hydrogen-bond donors (Lipinski definition) is 0. The van der Waals surface area contributed by atoms with Gasteiger partial charge in [-0.15, -0.1) is 0 Å². The first-order valence-corrected chi connectivity index (χ1v) is 13.2. The van der Waals surface area contributed by atoms with Gasteiger partial charge in [-0.2, -0.15) is 0 Å². The number of aromatic nitrogens is 2. The van der Waals surface area contributed by atoms with Gasteiger partial charge in [0.05, 0.1) is 28.7 Å². The lowest BCUT2D eigenvalue weighted by molar-refractivity contribution is -0.123. The molecule has 0 aliphatic carbocycles. The molecule has 7 nitrogen and oxygen atoms in total. The molecule has 0 bridgehead atoms. The number of thiocarbonyl (C=S) groups is 1. The highest BCUT2D eigenvalue weighted by Crippen LogP contribution is 2.38. The monoisotopic (exact) mass is 520 g/mol. The molecule has 9 heteroatoms. The largest absolute Gasteiger partial charge is 0.372 e. The van der Waals surface area contributed by atoms with Gasteiger partial charge < -0.3 is 9.64 Å². The van der Waals surface area contributed by atoms with Crippen molar-refractivity contribution < 1.29 is 9.53 Å². The first kappa shape index (κ1) is 24.7. The lowest BCUT2D eigenvalue weighted by Crippen LogP contribution is -2.46. The number of nitrogens with zero attached hydrogens (tertiary/aromatic N) is 4. The minimum atomic E-state index is -0.219. The van der Waals surface area contributed by atoms with E-state index in [1.807, 2.05) is 70.2 Å². The van der Waals surface area contributed by atoms with E-state index in [4.69, 9.17) is 21.9 Å². The van der Waals surface area contributed by atoms with Crippen molar-refractivity contribution in [3.8, 4) is 0 Å². The number of carbonyl (C=O) groups is 1. The molecule has 5 rings (SSSR count). The summed E-state index contributed by atoms with van der Waals surface area (Å²) in [5.74, 6) is 0.358. The van der Waals surface area contributed by atoms with E-state index < -0.39 is 0 Å². The number of fused-ring (bicyclic) bond motifs is 1. The summed E-state index contributed by atoms with van der Waals surface area (Å²) in [5.41, 5.74) is 2.67. The molecule has 2 fully saturated rings. The molecule has 2 saturated heterocycles. The van der Waals surface area contributed by atoms with E-state index in [1.54, 1.807) is 21.6 Å². The number of carbonyl (C=O) groups excluding carboxylic acids is 1. The van der Waals surface area contributed by atoms with Crippen molar-refractivity contribution in [3.05, 3.63) is 80.6 Å². The average Bonchev–Trinajstić information content (AvgIpc) is 3.13. The molecule has 2 aliphatic heterocycles. The van der Waals surface area contributed by atoms with Crippen molar-refractivity contribution >= 4 is 51.7 Å². The molecule has 1 amide bonds. The van der Waals surface area contributed by atoms with Crippen LogP contribution in [0.3, 0.4) is 0 Å². The Hall–Kier alpha value is -3.01. The lowest BCUT2D eigenvalue weighted by atomic mass is 10.1. The quantitative estimate of drug-likeness (QED) is 0.369. The van der Waals surface area contributed by atoms with Gasteiger partial charge in [-0.1, -0.05) is 60.4 Å². The molecular formula is C27H28N4O3S2. The second kappa shape index (κ2) is 9.80. The van der Waals surface area contributed by atoms with E-state index in [-0.39, 0.29) is 29.7 Å². The second-order valence-corrected chi connectivity index (χ2v) is 11.1. The van der Waals surface area contributed by atoms with Gasteiger partial charge in [-0.3, -0.25) is 18.9 Å². The van der Waals surface area contributed by atoms with Crippen molar-refractivity contribution in [1.82, 2.24) is 14.3 Å². The summed E-state index contributed by atoms with van der Waals surface area (Å²) < 4.78 is 7.93. The highest BCUT2D eigenvalue weighted by atomic mass is 32.2. The van der Waals surface area contributed by atoms with Crippen molar-refractivity contribution in [1.29, 1.82) is 0 Å². The molecule has 3 atom stereocenters. The predicted molar refractivity (Wildman–Crippen MR) is 148 cm³/mol. The summed E-state index contributed by atoms with van der Waals surface area (Å²) >= 11 is 6.83. The van der Waals surface area contributed by atoms with Gasteiger partial charge in [-0.25, -0.2) is 4.98 Å². The zero-order chi connectivity index (χ0) is 25.6. The molecule has 0 spiro atoms. The Bertz CT molecular complexity index is 1430.